The summed E-state index contributed by atoms with van der Waals surface area (Å²) in [5.74, 6) is -0.845. The SMILES string of the molecule is NCCCCCNS(=O)(=O)c1ncccc1F. The van der Waals surface area contributed by atoms with Crippen molar-refractivity contribution in [2.24, 2.45) is 5.73 Å². The van der Waals surface area contributed by atoms with Crippen LogP contribution in [0.3, 0.4) is 0 Å². The van der Waals surface area contributed by atoms with Gasteiger partial charge in [-0.1, -0.05) is 6.42 Å². The molecule has 0 aromatic carbocycles. The highest BCUT2D eigenvalue weighted by atomic mass is 32.2. The lowest BCUT2D eigenvalue weighted by Crippen LogP contribution is -2.26. The maximum atomic E-state index is 13.2. The molecule has 7 heteroatoms. The second-order valence-corrected chi connectivity index (χ2v) is 5.22. The average Bonchev–Trinajstić information content (AvgIpc) is 2.29. The molecule has 0 saturated heterocycles. The maximum Gasteiger partial charge on any atom is 0.261 e. The van der Waals surface area contributed by atoms with Gasteiger partial charge in [-0.2, -0.15) is 0 Å². The van der Waals surface area contributed by atoms with Gasteiger partial charge in [0.15, 0.2) is 5.82 Å². The summed E-state index contributed by atoms with van der Waals surface area (Å²) < 4.78 is 38.8. The Morgan fingerprint density at radius 3 is 2.76 bits per heavy atom. The van der Waals surface area contributed by atoms with Crippen molar-refractivity contribution in [3.05, 3.63) is 24.1 Å². The lowest BCUT2D eigenvalue weighted by atomic mass is 10.2. The van der Waals surface area contributed by atoms with Crippen LogP contribution in [0.2, 0.25) is 0 Å². The van der Waals surface area contributed by atoms with E-state index in [1.165, 1.54) is 12.3 Å². The van der Waals surface area contributed by atoms with E-state index in [2.05, 4.69) is 9.71 Å². The van der Waals surface area contributed by atoms with Gasteiger partial charge in [-0.05, 0) is 31.5 Å². The van der Waals surface area contributed by atoms with E-state index in [-0.39, 0.29) is 6.54 Å². The third-order valence-electron chi connectivity index (χ3n) is 2.15. The van der Waals surface area contributed by atoms with Gasteiger partial charge in [0.1, 0.15) is 0 Å². The zero-order chi connectivity index (χ0) is 12.7. The second-order valence-electron chi connectivity index (χ2n) is 3.54. The predicted octanol–water partition coefficient (Wildman–Crippen LogP) is 0.628. The monoisotopic (exact) mass is 261 g/mol. The van der Waals surface area contributed by atoms with E-state index in [0.29, 0.717) is 13.0 Å². The third-order valence-corrected chi connectivity index (χ3v) is 3.55. The van der Waals surface area contributed by atoms with E-state index in [4.69, 9.17) is 5.73 Å². The highest BCUT2D eigenvalue weighted by Crippen LogP contribution is 2.09. The minimum Gasteiger partial charge on any atom is -0.330 e. The molecule has 0 aliphatic heterocycles. The van der Waals surface area contributed by atoms with Crippen LogP contribution in [0.5, 0.6) is 0 Å². The van der Waals surface area contributed by atoms with E-state index in [1.54, 1.807) is 0 Å². The van der Waals surface area contributed by atoms with Crippen LogP contribution in [0, 0.1) is 5.82 Å². The fraction of sp³-hybridized carbons (Fsp3) is 0.500. The largest absolute Gasteiger partial charge is 0.330 e. The van der Waals surface area contributed by atoms with Crippen LogP contribution in [0.4, 0.5) is 4.39 Å². The van der Waals surface area contributed by atoms with E-state index < -0.39 is 20.9 Å². The molecule has 1 aromatic heterocycles. The Balaban J connectivity index is 2.55. The number of rotatable bonds is 7. The Kier molecular flexibility index (Phi) is 5.46. The van der Waals surface area contributed by atoms with Crippen molar-refractivity contribution >= 4 is 10.0 Å². The molecule has 0 atom stereocenters. The molecule has 0 fully saturated rings. The maximum absolute atomic E-state index is 13.2. The van der Waals surface area contributed by atoms with Gasteiger partial charge in [0.2, 0.25) is 5.03 Å². The van der Waals surface area contributed by atoms with Crippen LogP contribution >= 0.6 is 0 Å². The van der Waals surface area contributed by atoms with Crippen molar-refractivity contribution in [2.75, 3.05) is 13.1 Å². The zero-order valence-electron chi connectivity index (χ0n) is 9.39. The number of pyridine rings is 1. The summed E-state index contributed by atoms with van der Waals surface area (Å²) in [5, 5.41) is -0.557. The first-order chi connectivity index (χ1) is 8.08. The molecule has 0 aliphatic carbocycles. The smallest absolute Gasteiger partial charge is 0.261 e. The molecule has 5 nitrogen and oxygen atoms in total. The molecule has 1 rings (SSSR count). The number of hydrogen-bond donors (Lipinski definition) is 2. The summed E-state index contributed by atoms with van der Waals surface area (Å²) >= 11 is 0. The molecule has 3 N–H and O–H groups in total. The summed E-state index contributed by atoms with van der Waals surface area (Å²) in [6, 6.07) is 2.41. The van der Waals surface area contributed by atoms with E-state index in [9.17, 15) is 12.8 Å². The molecule has 0 amide bonds. The van der Waals surface area contributed by atoms with Crippen molar-refractivity contribution in [3.63, 3.8) is 0 Å². The highest BCUT2D eigenvalue weighted by Gasteiger charge is 2.19. The second kappa shape index (κ2) is 6.63. The van der Waals surface area contributed by atoms with Crippen LogP contribution < -0.4 is 10.5 Å². The summed E-state index contributed by atoms with van der Waals surface area (Å²) in [5.41, 5.74) is 5.31. The Hall–Kier alpha value is -1.05. The van der Waals surface area contributed by atoms with Crippen LogP contribution in [0.1, 0.15) is 19.3 Å². The van der Waals surface area contributed by atoms with Crippen molar-refractivity contribution in [1.29, 1.82) is 0 Å². The Morgan fingerprint density at radius 2 is 2.12 bits per heavy atom. The normalized spacial score (nSPS) is 11.6. The fourth-order valence-corrected chi connectivity index (χ4v) is 2.36. The fourth-order valence-electron chi connectivity index (χ4n) is 1.29. The number of nitrogens with zero attached hydrogens (tertiary/aromatic N) is 1. The van der Waals surface area contributed by atoms with Gasteiger partial charge >= 0.3 is 0 Å². The van der Waals surface area contributed by atoms with Crippen LogP contribution in [0.25, 0.3) is 0 Å². The van der Waals surface area contributed by atoms with E-state index in [1.807, 2.05) is 0 Å². The van der Waals surface area contributed by atoms with Crippen molar-refractivity contribution in [3.8, 4) is 0 Å². The molecule has 1 heterocycles. The van der Waals surface area contributed by atoms with E-state index >= 15 is 0 Å². The van der Waals surface area contributed by atoms with Gasteiger partial charge < -0.3 is 5.73 Å². The topological polar surface area (TPSA) is 85.1 Å². The Bertz CT molecular complexity index is 451. The molecule has 0 aliphatic rings. The van der Waals surface area contributed by atoms with Gasteiger partial charge in [-0.25, -0.2) is 22.5 Å². The highest BCUT2D eigenvalue weighted by molar-refractivity contribution is 7.89. The minimum absolute atomic E-state index is 0.262. The molecular weight excluding hydrogens is 245 g/mol. The van der Waals surface area contributed by atoms with Gasteiger partial charge in [0.25, 0.3) is 10.0 Å². The molecular formula is C10H16FN3O2S. The standard InChI is InChI=1S/C10H16FN3O2S/c11-9-5-4-7-13-10(9)17(15,16)14-8-3-1-2-6-12/h4-5,7,14H,1-3,6,8,12H2. The molecule has 0 spiro atoms. The molecule has 1 aromatic rings. The number of nitrogens with one attached hydrogen (secondary N) is 1. The zero-order valence-corrected chi connectivity index (χ0v) is 10.2. The van der Waals surface area contributed by atoms with Gasteiger partial charge in [0.05, 0.1) is 0 Å². The summed E-state index contributed by atoms with van der Waals surface area (Å²) in [6.07, 6.45) is 3.60. The molecule has 0 bridgehead atoms. The number of nitrogens with two attached hydrogens (primary N) is 1. The number of halogens is 1. The van der Waals surface area contributed by atoms with E-state index in [0.717, 1.165) is 18.9 Å². The van der Waals surface area contributed by atoms with Crippen LogP contribution in [-0.2, 0) is 10.0 Å². The van der Waals surface area contributed by atoms with Crippen LogP contribution in [-0.4, -0.2) is 26.5 Å². The van der Waals surface area contributed by atoms with Gasteiger partial charge in [0, 0.05) is 12.7 Å². The molecule has 17 heavy (non-hydrogen) atoms. The minimum atomic E-state index is -3.85. The first-order valence-corrected chi connectivity index (χ1v) is 6.86. The Morgan fingerprint density at radius 1 is 1.35 bits per heavy atom. The molecule has 96 valence electrons. The first-order valence-electron chi connectivity index (χ1n) is 5.38. The Labute approximate surface area is 100 Å². The predicted molar refractivity (Wildman–Crippen MR) is 62.3 cm³/mol. The molecule has 0 radical (unpaired) electrons. The van der Waals surface area contributed by atoms with Crippen molar-refractivity contribution in [2.45, 2.75) is 24.3 Å². The van der Waals surface area contributed by atoms with Gasteiger partial charge in [-0.15, -0.1) is 0 Å². The lowest BCUT2D eigenvalue weighted by molar-refractivity contribution is 0.541. The number of sulfonamides is 1. The number of hydrogen-bond acceptors (Lipinski definition) is 4. The summed E-state index contributed by atoms with van der Waals surface area (Å²) in [6.45, 7) is 0.847. The summed E-state index contributed by atoms with van der Waals surface area (Å²) in [4.78, 5) is 3.52. The average molecular weight is 261 g/mol. The number of aromatic nitrogens is 1. The van der Waals surface area contributed by atoms with Crippen LogP contribution in [0.15, 0.2) is 23.4 Å². The third kappa shape index (κ3) is 4.37. The molecule has 0 saturated carbocycles. The lowest BCUT2D eigenvalue weighted by Gasteiger charge is -2.06. The molecule has 0 unspecified atom stereocenters. The van der Waals surface area contributed by atoms with Gasteiger partial charge in [-0.3, -0.25) is 0 Å². The quantitative estimate of drug-likeness (QED) is 0.705. The first kappa shape index (κ1) is 14.0. The number of unbranched alkanes of at least 4 members (excludes halogenated alkanes) is 2. The van der Waals surface area contributed by atoms with Crippen molar-refractivity contribution < 1.29 is 12.8 Å². The summed E-state index contributed by atoms with van der Waals surface area (Å²) in [7, 11) is -3.85. The van der Waals surface area contributed by atoms with Crippen molar-refractivity contribution in [1.82, 2.24) is 9.71 Å².